The van der Waals surface area contributed by atoms with Crippen molar-refractivity contribution in [1.29, 1.82) is 0 Å². The largest absolute Gasteiger partial charge is 0.417 e. The molecule has 0 radical (unpaired) electrons. The van der Waals surface area contributed by atoms with Crippen LogP contribution in [0, 0.1) is 0 Å². The normalized spacial score (nSPS) is 23.8. The highest BCUT2D eigenvalue weighted by molar-refractivity contribution is 8.00. The van der Waals surface area contributed by atoms with Gasteiger partial charge in [-0.1, -0.05) is 0 Å². The molecule has 1 aliphatic rings. The highest BCUT2D eigenvalue weighted by Gasteiger charge is 2.26. The maximum absolute atomic E-state index is 11.1. The lowest BCUT2D eigenvalue weighted by Gasteiger charge is -2.14. The van der Waals surface area contributed by atoms with Crippen molar-refractivity contribution in [2.24, 2.45) is 0 Å². The number of oxazole rings is 1. The van der Waals surface area contributed by atoms with Gasteiger partial charge in [-0.15, -0.1) is 11.8 Å². The summed E-state index contributed by atoms with van der Waals surface area (Å²) in [7, 11) is 0. The van der Waals surface area contributed by atoms with E-state index >= 15 is 0 Å². The van der Waals surface area contributed by atoms with Crippen LogP contribution in [0.2, 0.25) is 0 Å². The van der Waals surface area contributed by atoms with Crippen molar-refractivity contribution >= 4 is 28.5 Å². The van der Waals surface area contributed by atoms with Crippen molar-refractivity contribution in [3.05, 3.63) is 22.7 Å². The molecule has 0 spiro atoms. The van der Waals surface area contributed by atoms with E-state index in [1.807, 2.05) is 6.07 Å². The number of aromatic nitrogens is 1. The zero-order valence-corrected chi connectivity index (χ0v) is 10.8. The molecule has 1 aliphatic heterocycles. The van der Waals surface area contributed by atoms with Crippen molar-refractivity contribution < 1.29 is 9.15 Å². The summed E-state index contributed by atoms with van der Waals surface area (Å²) in [5.74, 6) is -0.455. The van der Waals surface area contributed by atoms with Crippen molar-refractivity contribution in [2.45, 2.75) is 29.6 Å². The van der Waals surface area contributed by atoms with Crippen LogP contribution < -0.4 is 11.5 Å². The van der Waals surface area contributed by atoms with Crippen LogP contribution in [0.3, 0.4) is 0 Å². The number of aromatic amines is 1. The first kappa shape index (κ1) is 11.7. The van der Waals surface area contributed by atoms with E-state index in [2.05, 4.69) is 11.9 Å². The summed E-state index contributed by atoms with van der Waals surface area (Å²) in [6, 6.07) is 3.56. The monoisotopic (exact) mass is 266 g/mol. The molecule has 0 aliphatic carbocycles. The second-order valence-corrected chi connectivity index (χ2v) is 5.70. The number of hydrogen-bond donors (Lipinski definition) is 2. The topological polar surface area (TPSA) is 81.2 Å². The number of ether oxygens (including phenoxy) is 1. The number of nitrogen functional groups attached to an aromatic ring is 1. The van der Waals surface area contributed by atoms with Crippen LogP contribution in [-0.2, 0) is 4.74 Å². The average molecular weight is 266 g/mol. The molecule has 0 bridgehead atoms. The molecular formula is C12H14N2O3S. The van der Waals surface area contributed by atoms with Crippen LogP contribution in [0.4, 0.5) is 5.69 Å². The fourth-order valence-electron chi connectivity index (χ4n) is 2.13. The summed E-state index contributed by atoms with van der Waals surface area (Å²) in [6.45, 7) is 2.86. The van der Waals surface area contributed by atoms with Crippen LogP contribution in [0.25, 0.3) is 11.1 Å². The minimum Gasteiger partial charge on any atom is -0.408 e. The maximum atomic E-state index is 11.1. The van der Waals surface area contributed by atoms with Crippen LogP contribution >= 0.6 is 11.8 Å². The van der Waals surface area contributed by atoms with Crippen molar-refractivity contribution in [3.63, 3.8) is 0 Å². The quantitative estimate of drug-likeness (QED) is 0.812. The Labute approximate surface area is 108 Å². The molecule has 2 heterocycles. The van der Waals surface area contributed by atoms with E-state index in [-0.39, 0.29) is 6.10 Å². The molecule has 2 aromatic rings. The minimum atomic E-state index is -0.455. The smallest absolute Gasteiger partial charge is 0.408 e. The van der Waals surface area contributed by atoms with E-state index in [1.165, 1.54) is 0 Å². The predicted octanol–water partition coefficient (Wildman–Crippen LogP) is 1.97. The third kappa shape index (κ3) is 2.02. The van der Waals surface area contributed by atoms with Crippen LogP contribution in [-0.4, -0.2) is 22.9 Å². The van der Waals surface area contributed by atoms with E-state index in [0.29, 0.717) is 22.0 Å². The van der Waals surface area contributed by atoms with Gasteiger partial charge < -0.3 is 14.9 Å². The van der Waals surface area contributed by atoms with Gasteiger partial charge in [-0.05, 0) is 19.4 Å². The molecule has 3 rings (SSSR count). The third-order valence-corrected chi connectivity index (χ3v) is 4.67. The molecule has 1 saturated heterocycles. The Morgan fingerprint density at radius 1 is 1.50 bits per heavy atom. The molecule has 18 heavy (non-hydrogen) atoms. The second-order valence-electron chi connectivity index (χ2n) is 4.42. The lowest BCUT2D eigenvalue weighted by atomic mass is 10.2. The molecule has 1 aromatic heterocycles. The van der Waals surface area contributed by atoms with Gasteiger partial charge in [-0.2, -0.15) is 0 Å². The number of benzene rings is 1. The van der Waals surface area contributed by atoms with Crippen LogP contribution in [0.15, 0.2) is 26.2 Å². The van der Waals surface area contributed by atoms with Crippen molar-refractivity contribution in [3.8, 4) is 0 Å². The zero-order valence-electron chi connectivity index (χ0n) is 9.93. The summed E-state index contributed by atoms with van der Waals surface area (Å²) in [5.41, 5.74) is 7.80. The van der Waals surface area contributed by atoms with E-state index in [4.69, 9.17) is 14.9 Å². The van der Waals surface area contributed by atoms with Crippen LogP contribution in [0.5, 0.6) is 0 Å². The molecule has 2 unspecified atom stereocenters. The Bertz CT molecular complexity index is 634. The van der Waals surface area contributed by atoms with Gasteiger partial charge in [0.25, 0.3) is 0 Å². The van der Waals surface area contributed by atoms with E-state index in [9.17, 15) is 4.79 Å². The Morgan fingerprint density at radius 2 is 2.33 bits per heavy atom. The fraction of sp³-hybridized carbons (Fsp3) is 0.417. The molecule has 1 aromatic carbocycles. The zero-order chi connectivity index (χ0) is 12.7. The van der Waals surface area contributed by atoms with Gasteiger partial charge in [0.2, 0.25) is 0 Å². The summed E-state index contributed by atoms with van der Waals surface area (Å²) < 4.78 is 10.5. The Morgan fingerprint density at radius 3 is 3.06 bits per heavy atom. The molecule has 2 atom stereocenters. The number of nitrogens with one attached hydrogen (secondary N) is 1. The third-order valence-electron chi connectivity index (χ3n) is 3.14. The Hall–Kier alpha value is -1.40. The Balaban J connectivity index is 1.95. The molecule has 6 heteroatoms. The second kappa shape index (κ2) is 4.37. The molecule has 0 amide bonds. The van der Waals surface area contributed by atoms with E-state index in [1.54, 1.807) is 17.8 Å². The number of nitrogens with two attached hydrogens (primary N) is 1. The summed E-state index contributed by atoms with van der Waals surface area (Å²) in [6.07, 6.45) is 1.25. The Kier molecular flexibility index (Phi) is 2.83. The summed E-state index contributed by atoms with van der Waals surface area (Å²) >= 11 is 1.70. The minimum absolute atomic E-state index is 0.230. The van der Waals surface area contributed by atoms with Gasteiger partial charge in [0.1, 0.15) is 0 Å². The SMILES string of the molecule is CC1OCCC1Sc1cc2[nH]c(=O)oc2cc1N. The predicted molar refractivity (Wildman–Crippen MR) is 70.9 cm³/mol. The van der Waals surface area contributed by atoms with Gasteiger partial charge in [-0.3, -0.25) is 4.98 Å². The van der Waals surface area contributed by atoms with Gasteiger partial charge in [0.05, 0.1) is 11.6 Å². The number of rotatable bonds is 2. The molecule has 0 saturated carbocycles. The molecule has 1 fully saturated rings. The highest BCUT2D eigenvalue weighted by atomic mass is 32.2. The van der Waals surface area contributed by atoms with E-state index < -0.39 is 5.76 Å². The summed E-state index contributed by atoms with van der Waals surface area (Å²) in [5, 5.41) is 0.406. The van der Waals surface area contributed by atoms with Gasteiger partial charge in [0.15, 0.2) is 5.58 Å². The standard InChI is InChI=1S/C12H14N2O3S/c1-6-10(2-3-16-6)18-11-5-8-9(4-7(11)13)17-12(15)14-8/h4-6,10H,2-3,13H2,1H3,(H,14,15). The van der Waals surface area contributed by atoms with Crippen molar-refractivity contribution in [2.75, 3.05) is 12.3 Å². The van der Waals surface area contributed by atoms with E-state index in [0.717, 1.165) is 17.9 Å². The number of fused-ring (bicyclic) bond motifs is 1. The first-order valence-electron chi connectivity index (χ1n) is 5.84. The van der Waals surface area contributed by atoms with Gasteiger partial charge in [0, 0.05) is 28.5 Å². The van der Waals surface area contributed by atoms with Gasteiger partial charge >= 0.3 is 5.76 Å². The van der Waals surface area contributed by atoms with Crippen molar-refractivity contribution in [1.82, 2.24) is 4.98 Å². The average Bonchev–Trinajstić information content (AvgIpc) is 2.85. The number of H-pyrrole nitrogens is 1. The lowest BCUT2D eigenvalue weighted by molar-refractivity contribution is 0.127. The first-order chi connectivity index (χ1) is 8.63. The maximum Gasteiger partial charge on any atom is 0.417 e. The molecule has 96 valence electrons. The summed E-state index contributed by atoms with van der Waals surface area (Å²) in [4.78, 5) is 14.7. The number of hydrogen-bond acceptors (Lipinski definition) is 5. The first-order valence-corrected chi connectivity index (χ1v) is 6.72. The molecule has 3 N–H and O–H groups in total. The molecule has 5 nitrogen and oxygen atoms in total. The highest BCUT2D eigenvalue weighted by Crippen LogP contribution is 2.37. The molecular weight excluding hydrogens is 252 g/mol. The number of anilines is 1. The van der Waals surface area contributed by atoms with Gasteiger partial charge in [-0.25, -0.2) is 4.79 Å². The van der Waals surface area contributed by atoms with Crippen LogP contribution in [0.1, 0.15) is 13.3 Å². The number of thioether (sulfide) groups is 1. The lowest BCUT2D eigenvalue weighted by Crippen LogP contribution is -2.13. The fourth-order valence-corrected chi connectivity index (χ4v) is 3.32.